The molecule has 2 heterocycles. The summed E-state index contributed by atoms with van der Waals surface area (Å²) in [7, 11) is -1.35. The van der Waals surface area contributed by atoms with E-state index in [0.717, 1.165) is 51.0 Å². The molecule has 6 heteroatoms. The van der Waals surface area contributed by atoms with Crippen molar-refractivity contribution in [3.63, 3.8) is 0 Å². The summed E-state index contributed by atoms with van der Waals surface area (Å²) in [5.74, 6) is 0. The minimum Gasteiger partial charge on any atom is -0.385 e. The Bertz CT molecular complexity index is 607. The van der Waals surface area contributed by atoms with E-state index < -0.39 is 10.0 Å². The zero-order valence-corrected chi connectivity index (χ0v) is 13.2. The van der Waals surface area contributed by atoms with Gasteiger partial charge in [-0.25, -0.2) is 13.1 Å². The number of hydrogen-bond acceptors (Lipinski definition) is 4. The molecule has 116 valence electrons. The third kappa shape index (κ3) is 3.39. The summed E-state index contributed by atoms with van der Waals surface area (Å²) in [5.41, 5.74) is 2.17. The van der Waals surface area contributed by atoms with E-state index in [1.807, 2.05) is 6.07 Å². The largest absolute Gasteiger partial charge is 0.385 e. The molecule has 1 fully saturated rings. The lowest BCUT2D eigenvalue weighted by Gasteiger charge is -2.29. The molecule has 21 heavy (non-hydrogen) atoms. The summed E-state index contributed by atoms with van der Waals surface area (Å²) in [5, 5.41) is 3.29. The van der Waals surface area contributed by atoms with Gasteiger partial charge >= 0.3 is 0 Å². The van der Waals surface area contributed by atoms with Gasteiger partial charge in [-0.15, -0.1) is 0 Å². The van der Waals surface area contributed by atoms with Crippen LogP contribution in [0.15, 0.2) is 23.1 Å². The van der Waals surface area contributed by atoms with E-state index in [1.165, 1.54) is 5.56 Å². The first kappa shape index (κ1) is 14.8. The van der Waals surface area contributed by atoms with Crippen molar-refractivity contribution < 1.29 is 8.42 Å². The SMILES string of the molecule is CN1CCC(NS(=O)(=O)c2ccc3c(c2)NCCC3)CC1. The lowest BCUT2D eigenvalue weighted by atomic mass is 10.0. The van der Waals surface area contributed by atoms with E-state index in [4.69, 9.17) is 0 Å². The zero-order chi connectivity index (χ0) is 14.9. The molecule has 2 aliphatic heterocycles. The van der Waals surface area contributed by atoms with Crippen LogP contribution in [0.3, 0.4) is 0 Å². The molecule has 0 saturated carbocycles. The molecule has 0 spiro atoms. The number of benzene rings is 1. The number of likely N-dealkylation sites (tertiary alicyclic amines) is 1. The van der Waals surface area contributed by atoms with Gasteiger partial charge in [-0.05, 0) is 63.5 Å². The average Bonchev–Trinajstić information content (AvgIpc) is 2.49. The fourth-order valence-electron chi connectivity index (χ4n) is 3.02. The van der Waals surface area contributed by atoms with Crippen molar-refractivity contribution in [3.8, 4) is 0 Å². The summed E-state index contributed by atoms with van der Waals surface area (Å²) < 4.78 is 27.9. The molecule has 5 nitrogen and oxygen atoms in total. The first-order valence-corrected chi connectivity index (χ1v) is 9.10. The van der Waals surface area contributed by atoms with Crippen LogP contribution >= 0.6 is 0 Å². The fraction of sp³-hybridized carbons (Fsp3) is 0.600. The molecule has 0 bridgehead atoms. The van der Waals surface area contributed by atoms with Gasteiger partial charge in [0.2, 0.25) is 10.0 Å². The molecule has 2 aliphatic rings. The third-order valence-electron chi connectivity index (χ3n) is 4.37. The summed E-state index contributed by atoms with van der Waals surface area (Å²) in [6.07, 6.45) is 3.87. The van der Waals surface area contributed by atoms with Gasteiger partial charge in [0, 0.05) is 18.3 Å². The van der Waals surface area contributed by atoms with E-state index in [0.29, 0.717) is 4.90 Å². The second kappa shape index (κ2) is 5.94. The minimum atomic E-state index is -3.42. The molecule has 0 unspecified atom stereocenters. The summed E-state index contributed by atoms with van der Waals surface area (Å²) >= 11 is 0. The lowest BCUT2D eigenvalue weighted by Crippen LogP contribution is -2.43. The maximum Gasteiger partial charge on any atom is 0.240 e. The van der Waals surface area contributed by atoms with Crippen LogP contribution in [-0.2, 0) is 16.4 Å². The number of hydrogen-bond donors (Lipinski definition) is 2. The van der Waals surface area contributed by atoms with E-state index in [-0.39, 0.29) is 6.04 Å². The highest BCUT2D eigenvalue weighted by Crippen LogP contribution is 2.25. The standard InChI is InChI=1S/C15H23N3O2S/c1-18-9-6-13(7-10-18)17-21(19,20)14-5-4-12-3-2-8-16-15(12)11-14/h4-5,11,13,16-17H,2-3,6-10H2,1H3. The van der Waals surface area contributed by atoms with Gasteiger partial charge in [-0.3, -0.25) is 0 Å². The number of piperidine rings is 1. The number of nitrogens with one attached hydrogen (secondary N) is 2. The molecular weight excluding hydrogens is 286 g/mol. The fourth-order valence-corrected chi connectivity index (χ4v) is 4.35. The number of sulfonamides is 1. The van der Waals surface area contributed by atoms with E-state index in [9.17, 15) is 8.42 Å². The number of aryl methyl sites for hydroxylation is 1. The Morgan fingerprint density at radius 1 is 1.29 bits per heavy atom. The van der Waals surface area contributed by atoms with Crippen molar-refractivity contribution in [3.05, 3.63) is 23.8 Å². The molecule has 1 saturated heterocycles. The van der Waals surface area contributed by atoms with Crippen LogP contribution in [0.4, 0.5) is 5.69 Å². The molecule has 0 amide bonds. The Balaban J connectivity index is 1.75. The van der Waals surface area contributed by atoms with Crippen molar-refractivity contribution in [1.82, 2.24) is 9.62 Å². The first-order valence-electron chi connectivity index (χ1n) is 7.62. The molecule has 0 radical (unpaired) electrons. The average molecular weight is 309 g/mol. The molecule has 0 aromatic heterocycles. The normalized spacial score (nSPS) is 20.8. The molecule has 3 rings (SSSR count). The summed E-state index contributed by atoms with van der Waals surface area (Å²) in [6.45, 7) is 2.80. The van der Waals surface area contributed by atoms with Crippen molar-refractivity contribution in [2.45, 2.75) is 36.6 Å². The topological polar surface area (TPSA) is 61.4 Å². The Morgan fingerprint density at radius 2 is 2.05 bits per heavy atom. The van der Waals surface area contributed by atoms with E-state index >= 15 is 0 Å². The Morgan fingerprint density at radius 3 is 2.81 bits per heavy atom. The number of anilines is 1. The highest BCUT2D eigenvalue weighted by atomic mass is 32.2. The Hall–Kier alpha value is -1.11. The van der Waals surface area contributed by atoms with Crippen LogP contribution in [0.25, 0.3) is 0 Å². The predicted molar refractivity (Wildman–Crippen MR) is 84.1 cm³/mol. The van der Waals surface area contributed by atoms with E-state index in [2.05, 4.69) is 22.0 Å². The first-order chi connectivity index (χ1) is 10.0. The second-order valence-corrected chi connectivity index (χ2v) is 7.76. The second-order valence-electron chi connectivity index (χ2n) is 6.05. The maximum absolute atomic E-state index is 12.5. The highest BCUT2D eigenvalue weighted by molar-refractivity contribution is 7.89. The smallest absolute Gasteiger partial charge is 0.240 e. The quantitative estimate of drug-likeness (QED) is 0.886. The van der Waals surface area contributed by atoms with Crippen LogP contribution in [-0.4, -0.2) is 46.0 Å². The monoisotopic (exact) mass is 309 g/mol. The van der Waals surface area contributed by atoms with E-state index in [1.54, 1.807) is 12.1 Å². The molecule has 0 atom stereocenters. The summed E-state index contributed by atoms with van der Waals surface area (Å²) in [6, 6.07) is 5.48. The van der Waals surface area contributed by atoms with Crippen molar-refractivity contribution in [1.29, 1.82) is 0 Å². The van der Waals surface area contributed by atoms with Crippen LogP contribution in [0.2, 0.25) is 0 Å². The number of nitrogens with zero attached hydrogens (tertiary/aromatic N) is 1. The van der Waals surface area contributed by atoms with Gasteiger partial charge in [0.05, 0.1) is 4.90 Å². The van der Waals surface area contributed by atoms with Gasteiger partial charge in [0.1, 0.15) is 0 Å². The van der Waals surface area contributed by atoms with Crippen molar-refractivity contribution >= 4 is 15.7 Å². The van der Waals surface area contributed by atoms with Crippen LogP contribution in [0.5, 0.6) is 0 Å². The number of fused-ring (bicyclic) bond motifs is 1. The van der Waals surface area contributed by atoms with Gasteiger partial charge in [0.25, 0.3) is 0 Å². The maximum atomic E-state index is 12.5. The van der Waals surface area contributed by atoms with Crippen molar-refractivity contribution in [2.24, 2.45) is 0 Å². The van der Waals surface area contributed by atoms with Crippen LogP contribution in [0.1, 0.15) is 24.8 Å². The van der Waals surface area contributed by atoms with Gasteiger partial charge in [-0.2, -0.15) is 0 Å². The molecular formula is C15H23N3O2S. The Kier molecular flexibility index (Phi) is 4.19. The van der Waals surface area contributed by atoms with Gasteiger partial charge in [-0.1, -0.05) is 6.07 Å². The molecule has 0 aliphatic carbocycles. The van der Waals surface area contributed by atoms with Gasteiger partial charge in [0.15, 0.2) is 0 Å². The molecule has 1 aromatic rings. The predicted octanol–water partition coefficient (Wildman–Crippen LogP) is 1.42. The minimum absolute atomic E-state index is 0.0511. The third-order valence-corrected chi connectivity index (χ3v) is 5.89. The summed E-state index contributed by atoms with van der Waals surface area (Å²) in [4.78, 5) is 2.60. The van der Waals surface area contributed by atoms with Crippen molar-refractivity contribution in [2.75, 3.05) is 32.0 Å². The van der Waals surface area contributed by atoms with Crippen LogP contribution < -0.4 is 10.0 Å². The van der Waals surface area contributed by atoms with Crippen LogP contribution in [0, 0.1) is 0 Å². The molecule has 1 aromatic carbocycles. The Labute approximate surface area is 126 Å². The number of rotatable bonds is 3. The molecule has 2 N–H and O–H groups in total. The highest BCUT2D eigenvalue weighted by Gasteiger charge is 2.24. The lowest BCUT2D eigenvalue weighted by molar-refractivity contribution is 0.248. The van der Waals surface area contributed by atoms with Gasteiger partial charge < -0.3 is 10.2 Å². The zero-order valence-electron chi connectivity index (χ0n) is 12.4.